The van der Waals surface area contributed by atoms with Crippen LogP contribution in [0.25, 0.3) is 0 Å². The molecule has 2 fully saturated rings. The fourth-order valence-corrected chi connectivity index (χ4v) is 2.81. The molecule has 2 rings (SSSR count). The van der Waals surface area contributed by atoms with Gasteiger partial charge in [-0.1, -0.05) is 15.9 Å². The Labute approximate surface area is 92.9 Å². The minimum atomic E-state index is -0.126. The van der Waals surface area contributed by atoms with Crippen LogP contribution in [-0.2, 0) is 9.53 Å². The maximum Gasteiger partial charge on any atom is 0.316 e. The van der Waals surface area contributed by atoms with Crippen LogP contribution >= 0.6 is 15.9 Å². The highest BCUT2D eigenvalue weighted by Gasteiger charge is 2.39. The molecule has 4 heteroatoms. The molecule has 0 aromatic rings. The highest BCUT2D eigenvalue weighted by Crippen LogP contribution is 2.35. The molecule has 0 aliphatic carbocycles. The van der Waals surface area contributed by atoms with E-state index in [1.807, 2.05) is 0 Å². The van der Waals surface area contributed by atoms with Gasteiger partial charge in [0.2, 0.25) is 0 Å². The third-order valence-corrected chi connectivity index (χ3v) is 3.92. The molecule has 14 heavy (non-hydrogen) atoms. The number of fused-ring (bicyclic) bond motifs is 2. The molecule has 1 unspecified atom stereocenters. The highest BCUT2D eigenvalue weighted by atomic mass is 79.9. The van der Waals surface area contributed by atoms with Crippen LogP contribution in [0.1, 0.15) is 25.7 Å². The fraction of sp³-hybridized carbons (Fsp3) is 0.900. The van der Waals surface area contributed by atoms with Crippen LogP contribution in [0.2, 0.25) is 0 Å². The number of esters is 1. The zero-order valence-electron chi connectivity index (χ0n) is 8.41. The van der Waals surface area contributed by atoms with Crippen LogP contribution < -0.4 is 0 Å². The van der Waals surface area contributed by atoms with E-state index >= 15 is 0 Å². The summed E-state index contributed by atoms with van der Waals surface area (Å²) in [5.74, 6) is -0.126. The van der Waals surface area contributed by atoms with Crippen molar-refractivity contribution in [1.29, 1.82) is 0 Å². The first kappa shape index (κ1) is 10.4. The van der Waals surface area contributed by atoms with Gasteiger partial charge >= 0.3 is 5.97 Å². The van der Waals surface area contributed by atoms with Crippen molar-refractivity contribution < 1.29 is 9.53 Å². The molecule has 2 saturated heterocycles. The molecule has 0 aromatic carbocycles. The smallest absolute Gasteiger partial charge is 0.316 e. The van der Waals surface area contributed by atoms with E-state index in [4.69, 9.17) is 4.74 Å². The molecule has 0 spiro atoms. The van der Waals surface area contributed by atoms with Crippen molar-refractivity contribution in [2.24, 2.45) is 0 Å². The number of nitrogens with zero attached hydrogens (tertiary/aromatic N) is 1. The number of halogens is 1. The summed E-state index contributed by atoms with van der Waals surface area (Å²) in [4.78, 5) is 13.6. The van der Waals surface area contributed by atoms with Crippen molar-refractivity contribution in [3.05, 3.63) is 0 Å². The molecular weight excluding hydrogens is 246 g/mol. The normalized spacial score (nSPS) is 37.1. The van der Waals surface area contributed by atoms with Crippen LogP contribution in [0, 0.1) is 0 Å². The quantitative estimate of drug-likeness (QED) is 0.558. The lowest BCUT2D eigenvalue weighted by atomic mass is 10.0. The second kappa shape index (κ2) is 4.19. The van der Waals surface area contributed by atoms with Gasteiger partial charge in [-0.25, -0.2) is 0 Å². The number of carbonyl (C=O) groups excluding carboxylic acids is 1. The van der Waals surface area contributed by atoms with E-state index in [1.165, 1.54) is 12.8 Å². The molecule has 80 valence electrons. The number of hydrogen-bond donors (Lipinski definition) is 0. The second-order valence-electron chi connectivity index (χ2n) is 4.27. The lowest BCUT2D eigenvalue weighted by Gasteiger charge is -2.35. The minimum Gasteiger partial charge on any atom is -0.462 e. The van der Waals surface area contributed by atoms with Crippen LogP contribution in [-0.4, -0.2) is 41.4 Å². The maximum absolute atomic E-state index is 11.1. The van der Waals surface area contributed by atoms with Crippen molar-refractivity contribution in [2.75, 3.05) is 12.4 Å². The lowest BCUT2D eigenvalue weighted by molar-refractivity contribution is -0.148. The summed E-state index contributed by atoms with van der Waals surface area (Å²) in [6.45, 7) is 0. The number of ether oxygens (including phenoxy) is 1. The summed E-state index contributed by atoms with van der Waals surface area (Å²) < 4.78 is 5.36. The van der Waals surface area contributed by atoms with E-state index in [9.17, 15) is 4.79 Å². The average molecular weight is 262 g/mol. The predicted octanol–water partition coefficient (Wildman–Crippen LogP) is 1.55. The summed E-state index contributed by atoms with van der Waals surface area (Å²) >= 11 is 3.11. The fourth-order valence-electron chi connectivity index (χ4n) is 2.68. The molecule has 0 saturated carbocycles. The number of alkyl halides is 1. The Morgan fingerprint density at radius 1 is 1.43 bits per heavy atom. The largest absolute Gasteiger partial charge is 0.462 e. The van der Waals surface area contributed by atoms with Crippen molar-refractivity contribution in [1.82, 2.24) is 4.90 Å². The average Bonchev–Trinajstić information content (AvgIpc) is 2.42. The number of carbonyl (C=O) groups is 1. The minimum absolute atomic E-state index is 0.126. The van der Waals surface area contributed by atoms with Gasteiger partial charge in [0.05, 0.1) is 0 Å². The molecule has 0 aromatic heterocycles. The second-order valence-corrected chi connectivity index (χ2v) is 4.83. The Morgan fingerprint density at radius 2 is 2.00 bits per heavy atom. The van der Waals surface area contributed by atoms with E-state index in [0.717, 1.165) is 12.8 Å². The summed E-state index contributed by atoms with van der Waals surface area (Å²) in [5, 5.41) is 0.314. The number of rotatable bonds is 2. The monoisotopic (exact) mass is 261 g/mol. The van der Waals surface area contributed by atoms with Crippen LogP contribution in [0.5, 0.6) is 0 Å². The lowest BCUT2D eigenvalue weighted by Crippen LogP contribution is -2.43. The van der Waals surface area contributed by atoms with Crippen LogP contribution in [0.3, 0.4) is 0 Å². The summed E-state index contributed by atoms with van der Waals surface area (Å²) in [6.07, 6.45) is 4.73. The van der Waals surface area contributed by atoms with E-state index < -0.39 is 0 Å². The molecule has 0 amide bonds. The van der Waals surface area contributed by atoms with Gasteiger partial charge in [0.25, 0.3) is 0 Å². The molecule has 2 aliphatic rings. The van der Waals surface area contributed by atoms with Gasteiger partial charge in [0.1, 0.15) is 11.4 Å². The van der Waals surface area contributed by atoms with E-state index in [-0.39, 0.29) is 12.1 Å². The first-order valence-corrected chi connectivity index (χ1v) is 6.30. The third kappa shape index (κ3) is 1.96. The van der Waals surface area contributed by atoms with Crippen LogP contribution in [0.15, 0.2) is 0 Å². The maximum atomic E-state index is 11.1. The summed E-state index contributed by atoms with van der Waals surface area (Å²) in [7, 11) is 2.19. The van der Waals surface area contributed by atoms with Gasteiger partial charge in [-0.3, -0.25) is 4.79 Å². The van der Waals surface area contributed by atoms with Gasteiger partial charge in [0.15, 0.2) is 0 Å². The molecule has 3 nitrogen and oxygen atoms in total. The molecular formula is C10H16BrNO2. The van der Waals surface area contributed by atoms with E-state index in [0.29, 0.717) is 17.4 Å². The Hall–Kier alpha value is -0.0900. The zero-order valence-corrected chi connectivity index (χ0v) is 10.00. The van der Waals surface area contributed by atoms with Gasteiger partial charge < -0.3 is 9.64 Å². The third-order valence-electron chi connectivity index (χ3n) is 3.46. The van der Waals surface area contributed by atoms with Crippen molar-refractivity contribution in [3.63, 3.8) is 0 Å². The van der Waals surface area contributed by atoms with E-state index in [2.05, 4.69) is 27.9 Å². The van der Waals surface area contributed by atoms with Crippen molar-refractivity contribution in [2.45, 2.75) is 43.9 Å². The molecule has 2 bridgehead atoms. The first-order valence-electron chi connectivity index (χ1n) is 5.18. The summed E-state index contributed by atoms with van der Waals surface area (Å²) in [5.41, 5.74) is 0. The van der Waals surface area contributed by atoms with Crippen molar-refractivity contribution in [3.8, 4) is 0 Å². The SMILES string of the molecule is CN1[C@@H]2CC[C@H]1CC(OC(=O)CBr)C2. The van der Waals surface area contributed by atoms with Gasteiger partial charge in [-0.05, 0) is 32.7 Å². The Kier molecular flexibility index (Phi) is 3.12. The van der Waals surface area contributed by atoms with Gasteiger partial charge in [0, 0.05) is 12.1 Å². The molecule has 2 aliphatic heterocycles. The Bertz CT molecular complexity index is 220. The molecule has 0 N–H and O–H groups in total. The molecule has 0 radical (unpaired) electrons. The summed E-state index contributed by atoms with van der Waals surface area (Å²) in [6, 6.07) is 1.28. The predicted molar refractivity (Wildman–Crippen MR) is 57.5 cm³/mol. The van der Waals surface area contributed by atoms with Crippen molar-refractivity contribution >= 4 is 21.9 Å². The zero-order chi connectivity index (χ0) is 10.1. The Morgan fingerprint density at radius 3 is 2.50 bits per heavy atom. The van der Waals surface area contributed by atoms with Gasteiger partial charge in [-0.2, -0.15) is 0 Å². The topological polar surface area (TPSA) is 29.5 Å². The number of hydrogen-bond acceptors (Lipinski definition) is 3. The first-order chi connectivity index (χ1) is 6.70. The van der Waals surface area contributed by atoms with Crippen LogP contribution in [0.4, 0.5) is 0 Å². The number of piperidine rings is 1. The van der Waals surface area contributed by atoms with E-state index in [1.54, 1.807) is 0 Å². The highest BCUT2D eigenvalue weighted by molar-refractivity contribution is 9.09. The standard InChI is InChI=1S/C10H16BrNO2/c1-12-7-2-3-8(12)5-9(4-7)14-10(13)6-11/h7-9H,2-6H2,1H3/t7-,8+,9?. The molecule has 3 atom stereocenters. The Balaban J connectivity index is 1.90. The molecule has 2 heterocycles. The van der Waals surface area contributed by atoms with Gasteiger partial charge in [-0.15, -0.1) is 0 Å².